The average molecular weight is 275 g/mol. The van der Waals surface area contributed by atoms with Crippen LogP contribution in [-0.4, -0.2) is 49.3 Å². The van der Waals surface area contributed by atoms with Crippen LogP contribution in [0.1, 0.15) is 26.3 Å². The van der Waals surface area contributed by atoms with Gasteiger partial charge < -0.3 is 10.6 Å². The molecular weight excluding hydrogens is 258 g/mol. The van der Waals surface area contributed by atoms with E-state index in [2.05, 4.69) is 10.6 Å². The molecule has 0 fully saturated rings. The van der Waals surface area contributed by atoms with E-state index in [-0.39, 0.29) is 12.5 Å². The number of benzene rings is 1. The number of amides is 3. The Morgan fingerprint density at radius 1 is 1.15 bits per heavy atom. The third-order valence-electron chi connectivity index (χ3n) is 3.13. The lowest BCUT2D eigenvalue weighted by molar-refractivity contribution is -0.121. The number of hydrogen-bond donors (Lipinski definition) is 2. The number of nitrogens with one attached hydrogen (secondary N) is 2. The van der Waals surface area contributed by atoms with Gasteiger partial charge in [0.1, 0.15) is 6.54 Å². The summed E-state index contributed by atoms with van der Waals surface area (Å²) in [4.78, 5) is 36.9. The summed E-state index contributed by atoms with van der Waals surface area (Å²) >= 11 is 0. The molecule has 20 heavy (non-hydrogen) atoms. The predicted octanol–water partition coefficient (Wildman–Crippen LogP) is -0.0734. The van der Waals surface area contributed by atoms with Crippen molar-refractivity contribution >= 4 is 17.7 Å². The molecule has 0 saturated carbocycles. The summed E-state index contributed by atoms with van der Waals surface area (Å²) in [6.45, 7) is 2.70. The van der Waals surface area contributed by atoms with Crippen molar-refractivity contribution < 1.29 is 14.4 Å². The molecule has 2 rings (SSSR count). The fraction of sp³-hybridized carbons (Fsp3) is 0.357. The molecule has 1 aromatic carbocycles. The lowest BCUT2D eigenvalue weighted by atomic mass is 10.1. The molecule has 3 amide bonds. The van der Waals surface area contributed by atoms with E-state index in [4.69, 9.17) is 0 Å². The van der Waals surface area contributed by atoms with Gasteiger partial charge in [0.25, 0.3) is 11.8 Å². The van der Waals surface area contributed by atoms with Gasteiger partial charge in [-0.05, 0) is 26.1 Å². The monoisotopic (exact) mass is 275 g/mol. The molecule has 1 aliphatic rings. The van der Waals surface area contributed by atoms with E-state index in [1.807, 2.05) is 6.92 Å². The summed E-state index contributed by atoms with van der Waals surface area (Å²) in [5, 5.41) is 5.53. The lowest BCUT2D eigenvalue weighted by Crippen LogP contribution is -2.41. The smallest absolute Gasteiger partial charge is 0.262 e. The zero-order chi connectivity index (χ0) is 14.7. The maximum absolute atomic E-state index is 12.1. The minimum absolute atomic E-state index is 0.241. The Hall–Kier alpha value is -2.21. The van der Waals surface area contributed by atoms with Gasteiger partial charge in [0.05, 0.1) is 11.1 Å². The van der Waals surface area contributed by atoms with Crippen molar-refractivity contribution in [2.45, 2.75) is 6.92 Å². The number of fused-ring (bicyclic) bond motifs is 1. The summed E-state index contributed by atoms with van der Waals surface area (Å²) in [5.74, 6) is -1.15. The van der Waals surface area contributed by atoms with E-state index in [0.29, 0.717) is 24.2 Å². The second-order valence-corrected chi connectivity index (χ2v) is 4.70. The molecule has 0 radical (unpaired) electrons. The first-order valence-corrected chi connectivity index (χ1v) is 6.42. The number of carbonyl (C=O) groups is 3. The van der Waals surface area contributed by atoms with Crippen molar-refractivity contribution in [1.29, 1.82) is 0 Å². The van der Waals surface area contributed by atoms with Gasteiger partial charge in [0, 0.05) is 13.1 Å². The standard InChI is InChI=1S/C14H17N3O3/c1-9-3-4-10-11(7-9)14(20)17(13(10)19)8-12(18)16-6-5-15-2/h3-4,7,15H,5-6,8H2,1-2H3,(H,16,18). The van der Waals surface area contributed by atoms with Crippen LogP contribution in [0, 0.1) is 6.92 Å². The highest BCUT2D eigenvalue weighted by Crippen LogP contribution is 2.23. The average Bonchev–Trinajstić information content (AvgIpc) is 2.64. The van der Waals surface area contributed by atoms with E-state index in [0.717, 1.165) is 10.5 Å². The SMILES string of the molecule is CNCCNC(=O)CN1C(=O)c2ccc(C)cc2C1=O. The van der Waals surface area contributed by atoms with Gasteiger partial charge in [-0.1, -0.05) is 11.6 Å². The van der Waals surface area contributed by atoms with Crippen molar-refractivity contribution in [3.8, 4) is 0 Å². The molecule has 1 heterocycles. The molecule has 1 aliphatic heterocycles. The van der Waals surface area contributed by atoms with E-state index < -0.39 is 11.8 Å². The first-order valence-electron chi connectivity index (χ1n) is 6.42. The molecular formula is C14H17N3O3. The topological polar surface area (TPSA) is 78.5 Å². The van der Waals surface area contributed by atoms with E-state index in [1.54, 1.807) is 25.2 Å². The Morgan fingerprint density at radius 3 is 2.55 bits per heavy atom. The summed E-state index contributed by atoms with van der Waals surface area (Å²) in [7, 11) is 1.78. The number of likely N-dealkylation sites (N-methyl/N-ethyl adjacent to an activating group) is 1. The van der Waals surface area contributed by atoms with Crippen LogP contribution in [-0.2, 0) is 4.79 Å². The van der Waals surface area contributed by atoms with Crippen LogP contribution in [0.15, 0.2) is 18.2 Å². The molecule has 0 atom stereocenters. The Morgan fingerprint density at radius 2 is 1.85 bits per heavy atom. The molecule has 6 nitrogen and oxygen atoms in total. The van der Waals surface area contributed by atoms with Crippen molar-refractivity contribution in [1.82, 2.24) is 15.5 Å². The molecule has 0 unspecified atom stereocenters. The lowest BCUT2D eigenvalue weighted by Gasteiger charge is -2.13. The quantitative estimate of drug-likeness (QED) is 0.582. The first-order chi connectivity index (χ1) is 9.54. The van der Waals surface area contributed by atoms with Gasteiger partial charge in [0.2, 0.25) is 5.91 Å². The first kappa shape index (κ1) is 14.2. The summed E-state index contributed by atoms with van der Waals surface area (Å²) < 4.78 is 0. The maximum atomic E-state index is 12.1. The summed E-state index contributed by atoms with van der Waals surface area (Å²) in [6, 6.07) is 5.08. The normalized spacial score (nSPS) is 13.6. The van der Waals surface area contributed by atoms with Crippen molar-refractivity contribution in [2.24, 2.45) is 0 Å². The van der Waals surface area contributed by atoms with Crippen LogP contribution in [0.2, 0.25) is 0 Å². The molecule has 1 aromatic rings. The predicted molar refractivity (Wildman–Crippen MR) is 73.5 cm³/mol. The van der Waals surface area contributed by atoms with E-state index in [9.17, 15) is 14.4 Å². The second-order valence-electron chi connectivity index (χ2n) is 4.70. The van der Waals surface area contributed by atoms with E-state index in [1.165, 1.54) is 0 Å². The fourth-order valence-corrected chi connectivity index (χ4v) is 2.07. The molecule has 0 bridgehead atoms. The van der Waals surface area contributed by atoms with E-state index >= 15 is 0 Å². The van der Waals surface area contributed by atoms with Crippen LogP contribution in [0.5, 0.6) is 0 Å². The zero-order valence-electron chi connectivity index (χ0n) is 11.5. The van der Waals surface area contributed by atoms with Gasteiger partial charge in [0.15, 0.2) is 0 Å². The third-order valence-corrected chi connectivity index (χ3v) is 3.13. The van der Waals surface area contributed by atoms with Crippen molar-refractivity contribution in [2.75, 3.05) is 26.7 Å². The Balaban J connectivity index is 2.07. The van der Waals surface area contributed by atoms with Crippen LogP contribution in [0.25, 0.3) is 0 Å². The highest BCUT2D eigenvalue weighted by atomic mass is 16.2. The summed E-state index contributed by atoms with van der Waals surface area (Å²) in [5.41, 5.74) is 1.65. The van der Waals surface area contributed by atoms with Crippen LogP contribution in [0.4, 0.5) is 0 Å². The highest BCUT2D eigenvalue weighted by Gasteiger charge is 2.36. The zero-order valence-corrected chi connectivity index (χ0v) is 11.5. The third kappa shape index (κ3) is 2.70. The van der Waals surface area contributed by atoms with Crippen LogP contribution in [0.3, 0.4) is 0 Å². The van der Waals surface area contributed by atoms with Gasteiger partial charge in [-0.3, -0.25) is 19.3 Å². The van der Waals surface area contributed by atoms with Crippen LogP contribution < -0.4 is 10.6 Å². The molecule has 6 heteroatoms. The van der Waals surface area contributed by atoms with Gasteiger partial charge in [-0.2, -0.15) is 0 Å². The molecule has 0 spiro atoms. The van der Waals surface area contributed by atoms with Gasteiger partial charge >= 0.3 is 0 Å². The van der Waals surface area contributed by atoms with Crippen molar-refractivity contribution in [3.05, 3.63) is 34.9 Å². The Bertz CT molecular complexity index is 569. The number of aryl methyl sites for hydroxylation is 1. The Kier molecular flexibility index (Phi) is 4.14. The minimum atomic E-state index is -0.409. The van der Waals surface area contributed by atoms with Gasteiger partial charge in [-0.25, -0.2) is 0 Å². The maximum Gasteiger partial charge on any atom is 0.262 e. The number of imide groups is 1. The Labute approximate surface area is 117 Å². The largest absolute Gasteiger partial charge is 0.353 e. The molecule has 0 aliphatic carbocycles. The number of hydrogen-bond acceptors (Lipinski definition) is 4. The van der Waals surface area contributed by atoms with Gasteiger partial charge in [-0.15, -0.1) is 0 Å². The number of carbonyl (C=O) groups excluding carboxylic acids is 3. The highest BCUT2D eigenvalue weighted by molar-refractivity contribution is 6.22. The van der Waals surface area contributed by atoms with Crippen molar-refractivity contribution in [3.63, 3.8) is 0 Å². The summed E-state index contributed by atoms with van der Waals surface area (Å²) in [6.07, 6.45) is 0. The molecule has 0 saturated heterocycles. The molecule has 0 aromatic heterocycles. The molecule has 106 valence electrons. The number of nitrogens with zero attached hydrogens (tertiary/aromatic N) is 1. The fourth-order valence-electron chi connectivity index (χ4n) is 2.07. The number of rotatable bonds is 5. The molecule has 2 N–H and O–H groups in total. The minimum Gasteiger partial charge on any atom is -0.353 e. The second kappa shape index (κ2) is 5.83. The van der Waals surface area contributed by atoms with Crippen LogP contribution >= 0.6 is 0 Å².